The number of amidine groups is 1. The van der Waals surface area contributed by atoms with E-state index in [-0.39, 0.29) is 5.91 Å². The summed E-state index contributed by atoms with van der Waals surface area (Å²) in [5.41, 5.74) is 3.45. The first-order valence-electron chi connectivity index (χ1n) is 6.56. The molecule has 0 radical (unpaired) electrons. The molecular formula is C17H13BrN2O. The lowest BCUT2D eigenvalue weighted by Crippen LogP contribution is -2.24. The molecule has 2 aromatic rings. The summed E-state index contributed by atoms with van der Waals surface area (Å²) in [6.45, 7) is 2.03. The predicted molar refractivity (Wildman–Crippen MR) is 88.0 cm³/mol. The Balaban J connectivity index is 1.91. The van der Waals surface area contributed by atoms with Crippen molar-refractivity contribution in [1.82, 2.24) is 5.32 Å². The summed E-state index contributed by atoms with van der Waals surface area (Å²) >= 11 is 3.39. The number of nitrogens with one attached hydrogen (secondary N) is 1. The van der Waals surface area contributed by atoms with E-state index in [0.717, 1.165) is 15.6 Å². The topological polar surface area (TPSA) is 41.5 Å². The zero-order chi connectivity index (χ0) is 14.8. The molecule has 0 atom stereocenters. The lowest BCUT2D eigenvalue weighted by molar-refractivity contribution is -0.115. The van der Waals surface area contributed by atoms with Crippen LogP contribution in [0.5, 0.6) is 0 Å². The minimum atomic E-state index is -0.173. The molecule has 0 aliphatic carbocycles. The van der Waals surface area contributed by atoms with E-state index in [4.69, 9.17) is 0 Å². The van der Waals surface area contributed by atoms with Crippen molar-refractivity contribution in [2.45, 2.75) is 6.92 Å². The van der Waals surface area contributed by atoms with E-state index in [1.54, 1.807) is 6.08 Å². The number of benzene rings is 2. The van der Waals surface area contributed by atoms with E-state index in [1.165, 1.54) is 5.56 Å². The molecular weight excluding hydrogens is 328 g/mol. The first kappa shape index (κ1) is 13.8. The number of carbonyl (C=O) groups excluding carboxylic acids is 1. The molecule has 1 N–H and O–H groups in total. The molecule has 0 bridgehead atoms. The van der Waals surface area contributed by atoms with E-state index >= 15 is 0 Å². The molecule has 0 saturated heterocycles. The quantitative estimate of drug-likeness (QED) is 0.832. The highest BCUT2D eigenvalue weighted by molar-refractivity contribution is 9.10. The van der Waals surface area contributed by atoms with Crippen LogP contribution in [0.25, 0.3) is 6.08 Å². The molecule has 1 heterocycles. The number of aliphatic imine (C=N–C) groups is 1. The number of aryl methyl sites for hydroxylation is 1. The Morgan fingerprint density at radius 1 is 1.05 bits per heavy atom. The smallest absolute Gasteiger partial charge is 0.275 e. The third-order valence-electron chi connectivity index (χ3n) is 3.20. The fraction of sp³-hybridized carbons (Fsp3) is 0.0588. The molecule has 1 aliphatic heterocycles. The van der Waals surface area contributed by atoms with Crippen LogP contribution in [-0.2, 0) is 4.79 Å². The van der Waals surface area contributed by atoms with Crippen molar-refractivity contribution in [1.29, 1.82) is 0 Å². The van der Waals surface area contributed by atoms with E-state index in [2.05, 4.69) is 26.2 Å². The van der Waals surface area contributed by atoms with Crippen LogP contribution in [-0.4, -0.2) is 11.7 Å². The van der Waals surface area contributed by atoms with Crippen molar-refractivity contribution < 1.29 is 4.79 Å². The second-order valence-corrected chi connectivity index (χ2v) is 5.78. The maximum Gasteiger partial charge on any atom is 0.275 e. The maximum absolute atomic E-state index is 12.0. The van der Waals surface area contributed by atoms with Crippen molar-refractivity contribution in [3.05, 3.63) is 75.4 Å². The SMILES string of the molecule is Cc1ccc(C2=NC(=Cc3ccc(Br)cc3)C(=O)N2)cc1. The van der Waals surface area contributed by atoms with Crippen LogP contribution in [0.1, 0.15) is 16.7 Å². The van der Waals surface area contributed by atoms with E-state index in [0.29, 0.717) is 11.5 Å². The van der Waals surface area contributed by atoms with Gasteiger partial charge < -0.3 is 5.32 Å². The van der Waals surface area contributed by atoms with Crippen molar-refractivity contribution >= 4 is 33.7 Å². The van der Waals surface area contributed by atoms with Crippen LogP contribution < -0.4 is 5.32 Å². The molecule has 3 rings (SSSR count). The lowest BCUT2D eigenvalue weighted by atomic mass is 10.1. The van der Waals surface area contributed by atoms with Gasteiger partial charge in [-0.25, -0.2) is 4.99 Å². The number of halogens is 1. The average molecular weight is 341 g/mol. The van der Waals surface area contributed by atoms with Gasteiger partial charge in [-0.05, 0) is 30.7 Å². The molecule has 2 aromatic carbocycles. The molecule has 1 aliphatic rings. The van der Waals surface area contributed by atoms with Crippen LogP contribution in [0.4, 0.5) is 0 Å². The van der Waals surface area contributed by atoms with Crippen LogP contribution in [0.15, 0.2) is 63.7 Å². The zero-order valence-corrected chi connectivity index (χ0v) is 13.0. The van der Waals surface area contributed by atoms with Crippen LogP contribution in [0.2, 0.25) is 0 Å². The first-order valence-corrected chi connectivity index (χ1v) is 7.35. The number of rotatable bonds is 2. The van der Waals surface area contributed by atoms with Crippen molar-refractivity contribution in [3.8, 4) is 0 Å². The Morgan fingerprint density at radius 3 is 2.38 bits per heavy atom. The molecule has 3 nitrogen and oxygen atoms in total. The highest BCUT2D eigenvalue weighted by Crippen LogP contribution is 2.17. The Morgan fingerprint density at radius 2 is 1.71 bits per heavy atom. The maximum atomic E-state index is 12.0. The summed E-state index contributed by atoms with van der Waals surface area (Å²) in [6.07, 6.45) is 1.78. The Kier molecular flexibility index (Phi) is 3.71. The second kappa shape index (κ2) is 5.66. The molecule has 0 fully saturated rings. The van der Waals surface area contributed by atoms with Gasteiger partial charge in [-0.2, -0.15) is 0 Å². The summed E-state index contributed by atoms with van der Waals surface area (Å²) in [6, 6.07) is 15.6. The number of hydrogen-bond acceptors (Lipinski definition) is 2. The first-order chi connectivity index (χ1) is 10.1. The highest BCUT2D eigenvalue weighted by Gasteiger charge is 2.20. The summed E-state index contributed by atoms with van der Waals surface area (Å²) in [5, 5.41) is 2.80. The third-order valence-corrected chi connectivity index (χ3v) is 3.72. The Bertz CT molecular complexity index is 743. The van der Waals surface area contributed by atoms with Crippen LogP contribution in [0, 0.1) is 6.92 Å². The van der Waals surface area contributed by atoms with Gasteiger partial charge in [0.25, 0.3) is 5.91 Å². The molecule has 0 aromatic heterocycles. The van der Waals surface area contributed by atoms with E-state index in [9.17, 15) is 4.79 Å². The molecule has 1 amide bonds. The summed E-state index contributed by atoms with van der Waals surface area (Å²) in [5.74, 6) is 0.428. The fourth-order valence-corrected chi connectivity index (χ4v) is 2.30. The van der Waals surface area contributed by atoms with Gasteiger partial charge in [-0.15, -0.1) is 0 Å². The molecule has 4 heteroatoms. The summed E-state index contributed by atoms with van der Waals surface area (Å²) in [7, 11) is 0. The molecule has 21 heavy (non-hydrogen) atoms. The van der Waals surface area contributed by atoms with Gasteiger partial charge in [-0.3, -0.25) is 4.79 Å². The van der Waals surface area contributed by atoms with Gasteiger partial charge in [0.05, 0.1) is 0 Å². The number of nitrogens with zero attached hydrogens (tertiary/aromatic N) is 1. The number of carbonyl (C=O) groups is 1. The van der Waals surface area contributed by atoms with Gasteiger partial charge in [0.1, 0.15) is 11.5 Å². The van der Waals surface area contributed by atoms with Crippen LogP contribution >= 0.6 is 15.9 Å². The van der Waals surface area contributed by atoms with Gasteiger partial charge >= 0.3 is 0 Å². The monoisotopic (exact) mass is 340 g/mol. The Hall–Kier alpha value is -2.20. The third kappa shape index (κ3) is 3.11. The molecule has 0 spiro atoms. The normalized spacial score (nSPS) is 16.0. The van der Waals surface area contributed by atoms with Gasteiger partial charge in [0, 0.05) is 10.0 Å². The lowest BCUT2D eigenvalue weighted by Gasteiger charge is -2.00. The standard InChI is InChI=1S/C17H13BrN2O/c1-11-2-6-13(7-3-11)16-19-15(17(21)20-16)10-12-4-8-14(18)9-5-12/h2-10H,1H3,(H,19,20,21). The minimum Gasteiger partial charge on any atom is -0.305 e. The molecule has 104 valence electrons. The van der Waals surface area contributed by atoms with E-state index in [1.807, 2.05) is 55.5 Å². The minimum absolute atomic E-state index is 0.173. The fourth-order valence-electron chi connectivity index (χ4n) is 2.03. The largest absolute Gasteiger partial charge is 0.305 e. The second-order valence-electron chi connectivity index (χ2n) is 4.86. The summed E-state index contributed by atoms with van der Waals surface area (Å²) < 4.78 is 1.00. The zero-order valence-electron chi connectivity index (χ0n) is 11.4. The highest BCUT2D eigenvalue weighted by atomic mass is 79.9. The van der Waals surface area contributed by atoms with Crippen molar-refractivity contribution in [2.24, 2.45) is 4.99 Å². The number of amides is 1. The van der Waals surface area contributed by atoms with Gasteiger partial charge in [0.2, 0.25) is 0 Å². The van der Waals surface area contributed by atoms with Crippen LogP contribution in [0.3, 0.4) is 0 Å². The van der Waals surface area contributed by atoms with Crippen molar-refractivity contribution in [3.63, 3.8) is 0 Å². The predicted octanol–water partition coefficient (Wildman–Crippen LogP) is 3.68. The van der Waals surface area contributed by atoms with Gasteiger partial charge in [0.15, 0.2) is 0 Å². The summed E-state index contributed by atoms with van der Waals surface area (Å²) in [4.78, 5) is 16.4. The molecule has 0 unspecified atom stereocenters. The average Bonchev–Trinajstić information content (AvgIpc) is 2.83. The Labute approximate surface area is 131 Å². The van der Waals surface area contributed by atoms with E-state index < -0.39 is 0 Å². The number of hydrogen-bond donors (Lipinski definition) is 1. The van der Waals surface area contributed by atoms with Gasteiger partial charge in [-0.1, -0.05) is 57.9 Å². The molecule has 0 saturated carbocycles. The van der Waals surface area contributed by atoms with Crippen molar-refractivity contribution in [2.75, 3.05) is 0 Å².